The number of anilines is 4. The van der Waals surface area contributed by atoms with Crippen LogP contribution in [-0.2, 0) is 16.6 Å². The molecule has 2 N–H and O–H groups in total. The number of carbonyl (C=O) groups excluding carboxylic acids is 1. The van der Waals surface area contributed by atoms with Crippen LogP contribution in [0.1, 0.15) is 6.92 Å². The van der Waals surface area contributed by atoms with Gasteiger partial charge < -0.3 is 34.5 Å². The Labute approximate surface area is 248 Å². The molecule has 0 radical (unpaired) electrons. The van der Waals surface area contributed by atoms with Gasteiger partial charge in [0.05, 0.1) is 36.0 Å². The molecule has 4 aromatic rings. The van der Waals surface area contributed by atoms with Crippen molar-refractivity contribution in [1.82, 2.24) is 19.4 Å². The number of allylic oxidation sites excluding steroid dienone is 1. The van der Waals surface area contributed by atoms with Crippen LogP contribution in [0, 0.1) is 0 Å². The normalized spacial score (nSPS) is 13.5. The van der Waals surface area contributed by atoms with Gasteiger partial charge >= 0.3 is 6.61 Å². The zero-order chi connectivity index (χ0) is 30.3. The fourth-order valence-corrected chi connectivity index (χ4v) is 5.00. The first-order valence-electron chi connectivity index (χ1n) is 13.8. The fourth-order valence-electron chi connectivity index (χ4n) is 5.00. The molecule has 10 nitrogen and oxygen atoms in total. The quantitative estimate of drug-likeness (QED) is 0.223. The SMILES string of the molecule is CC=CNc1cc(Nc2nccc(-c3cn(C)c4ccccc34)n2)c(OC(F)F)cc1N(C)CCN1CCOCC1=C=O. The van der Waals surface area contributed by atoms with E-state index in [1.165, 1.54) is 0 Å². The summed E-state index contributed by atoms with van der Waals surface area (Å²) in [7, 11) is 3.81. The summed E-state index contributed by atoms with van der Waals surface area (Å²) in [6.07, 6.45) is 7.19. The smallest absolute Gasteiger partial charge is 0.387 e. The molecule has 1 saturated heterocycles. The largest absolute Gasteiger partial charge is 0.433 e. The predicted molar refractivity (Wildman–Crippen MR) is 164 cm³/mol. The van der Waals surface area contributed by atoms with Gasteiger partial charge in [0.1, 0.15) is 11.6 Å². The number of hydrogen-bond acceptors (Lipinski definition) is 9. The highest BCUT2D eigenvalue weighted by Crippen LogP contribution is 2.39. The van der Waals surface area contributed by atoms with Crippen LogP contribution in [0.2, 0.25) is 0 Å². The van der Waals surface area contributed by atoms with Gasteiger partial charge in [-0.15, -0.1) is 0 Å². The van der Waals surface area contributed by atoms with Crippen LogP contribution in [0.5, 0.6) is 5.75 Å². The highest BCUT2D eigenvalue weighted by atomic mass is 19.3. The van der Waals surface area contributed by atoms with Crippen LogP contribution < -0.4 is 20.3 Å². The first-order chi connectivity index (χ1) is 20.9. The molecule has 0 aliphatic carbocycles. The van der Waals surface area contributed by atoms with E-state index in [4.69, 9.17) is 14.5 Å². The lowest BCUT2D eigenvalue weighted by Crippen LogP contribution is -2.39. The molecule has 12 heteroatoms. The van der Waals surface area contributed by atoms with Crippen LogP contribution in [0.3, 0.4) is 0 Å². The summed E-state index contributed by atoms with van der Waals surface area (Å²) in [6, 6.07) is 13.0. The molecule has 0 spiro atoms. The second kappa shape index (κ2) is 13.4. The van der Waals surface area contributed by atoms with Crippen molar-refractivity contribution in [2.45, 2.75) is 13.5 Å². The Balaban J connectivity index is 1.46. The highest BCUT2D eigenvalue weighted by Gasteiger charge is 2.21. The Morgan fingerprint density at radius 3 is 2.86 bits per heavy atom. The predicted octanol–water partition coefficient (Wildman–Crippen LogP) is 5.41. The molecule has 2 aromatic carbocycles. The molecule has 2 aromatic heterocycles. The van der Waals surface area contributed by atoms with Crippen molar-refractivity contribution in [2.75, 3.05) is 55.4 Å². The van der Waals surface area contributed by atoms with Gasteiger partial charge in [0.15, 0.2) is 5.75 Å². The maximum atomic E-state index is 13.6. The standard InChI is InChI=1S/C31H33F2N7O3/c1-4-10-34-25-16-26(37-31-35-11-9-24(36-31)23-18-39(3)27-8-6-5-7-22(23)27)29(43-30(32)33)17-28(25)38(2)12-13-40-14-15-42-20-21(40)19-41/h4-11,16-18,30,34H,12-15,20H2,1-3H3,(H,35,36,37). The maximum Gasteiger partial charge on any atom is 0.387 e. The summed E-state index contributed by atoms with van der Waals surface area (Å²) in [5, 5.41) is 7.34. The summed E-state index contributed by atoms with van der Waals surface area (Å²) in [6.45, 7) is 1.13. The number of nitrogens with one attached hydrogen (secondary N) is 2. The van der Waals surface area contributed by atoms with E-state index in [0.29, 0.717) is 49.0 Å². The van der Waals surface area contributed by atoms with Crippen LogP contribution in [-0.4, -0.2) is 71.9 Å². The van der Waals surface area contributed by atoms with Crippen LogP contribution in [0.15, 0.2) is 72.8 Å². The van der Waals surface area contributed by atoms with Gasteiger partial charge in [0.2, 0.25) is 5.95 Å². The number of likely N-dealkylation sites (N-methyl/N-ethyl adjacent to an activating group) is 1. The van der Waals surface area contributed by atoms with Crippen molar-refractivity contribution in [3.8, 4) is 17.0 Å². The van der Waals surface area contributed by atoms with Gasteiger partial charge in [-0.05, 0) is 31.3 Å². The molecular formula is C31H33F2N7O3. The molecular weight excluding hydrogens is 556 g/mol. The number of para-hydroxylation sites is 1. The van der Waals surface area contributed by atoms with Crippen LogP contribution in [0.4, 0.5) is 31.8 Å². The molecule has 5 rings (SSSR count). The number of nitrogens with zero attached hydrogens (tertiary/aromatic N) is 5. The molecule has 0 unspecified atom stereocenters. The number of aromatic nitrogens is 3. The third-order valence-corrected chi connectivity index (χ3v) is 7.15. The van der Waals surface area contributed by atoms with Crippen molar-refractivity contribution in [1.29, 1.82) is 0 Å². The number of ether oxygens (including phenoxy) is 2. The average Bonchev–Trinajstić information content (AvgIpc) is 3.36. The minimum Gasteiger partial charge on any atom is -0.433 e. The van der Waals surface area contributed by atoms with Crippen molar-refractivity contribution in [3.63, 3.8) is 0 Å². The Hall–Kier alpha value is -4.93. The van der Waals surface area contributed by atoms with Gasteiger partial charge in [-0.25, -0.2) is 14.8 Å². The van der Waals surface area contributed by atoms with E-state index in [0.717, 1.165) is 16.5 Å². The van der Waals surface area contributed by atoms with E-state index >= 15 is 0 Å². The summed E-state index contributed by atoms with van der Waals surface area (Å²) < 4.78 is 39.5. The third-order valence-electron chi connectivity index (χ3n) is 7.15. The third kappa shape index (κ3) is 6.77. The summed E-state index contributed by atoms with van der Waals surface area (Å²) in [5.74, 6) is 2.10. The molecule has 0 saturated carbocycles. The van der Waals surface area contributed by atoms with Crippen molar-refractivity contribution < 1.29 is 23.0 Å². The van der Waals surface area contributed by atoms with Gasteiger partial charge in [0, 0.05) is 68.7 Å². The number of halogens is 2. The lowest BCUT2D eigenvalue weighted by atomic mass is 10.1. The highest BCUT2D eigenvalue weighted by molar-refractivity contribution is 5.95. The molecule has 0 atom stereocenters. The molecule has 0 amide bonds. The Kier molecular flexibility index (Phi) is 9.19. The summed E-state index contributed by atoms with van der Waals surface area (Å²) in [4.78, 5) is 24.2. The average molecular weight is 590 g/mol. The number of alkyl halides is 2. The molecule has 1 fully saturated rings. The Bertz CT molecular complexity index is 1670. The minimum atomic E-state index is -3.05. The Morgan fingerprint density at radius 2 is 2.07 bits per heavy atom. The Morgan fingerprint density at radius 1 is 1.23 bits per heavy atom. The number of morpholine rings is 1. The van der Waals surface area contributed by atoms with E-state index in [2.05, 4.69) is 15.6 Å². The number of aryl methyl sites for hydroxylation is 1. The van der Waals surface area contributed by atoms with Crippen molar-refractivity contribution in [2.24, 2.45) is 7.05 Å². The molecule has 1 aliphatic rings. The van der Waals surface area contributed by atoms with Crippen LogP contribution in [0.25, 0.3) is 22.2 Å². The summed E-state index contributed by atoms with van der Waals surface area (Å²) in [5.41, 5.74) is 4.65. The van der Waals surface area contributed by atoms with Crippen LogP contribution >= 0.6 is 0 Å². The van der Waals surface area contributed by atoms with E-state index in [1.807, 2.05) is 77.9 Å². The van der Waals surface area contributed by atoms with E-state index in [9.17, 15) is 13.6 Å². The number of rotatable bonds is 11. The zero-order valence-corrected chi connectivity index (χ0v) is 24.2. The van der Waals surface area contributed by atoms with Gasteiger partial charge in [-0.1, -0.05) is 24.3 Å². The van der Waals surface area contributed by atoms with E-state index in [1.54, 1.807) is 30.6 Å². The molecule has 1 aliphatic heterocycles. The van der Waals surface area contributed by atoms with Gasteiger partial charge in [-0.2, -0.15) is 8.78 Å². The van der Waals surface area contributed by atoms with Crippen molar-refractivity contribution in [3.05, 3.63) is 72.8 Å². The first-order valence-corrected chi connectivity index (χ1v) is 13.8. The fraction of sp³-hybridized carbons (Fsp3) is 0.290. The number of hydrogen-bond donors (Lipinski definition) is 2. The lowest BCUT2D eigenvalue weighted by molar-refractivity contribution is -0.0493. The topological polar surface area (TPSA) is 96.8 Å². The monoisotopic (exact) mass is 589 g/mol. The number of fused-ring (bicyclic) bond motifs is 1. The molecule has 3 heterocycles. The minimum absolute atomic E-state index is 0.0677. The zero-order valence-electron chi connectivity index (χ0n) is 24.2. The summed E-state index contributed by atoms with van der Waals surface area (Å²) >= 11 is 0. The van der Waals surface area contributed by atoms with E-state index in [-0.39, 0.29) is 24.0 Å². The van der Waals surface area contributed by atoms with Gasteiger partial charge in [0.25, 0.3) is 0 Å². The lowest BCUT2D eigenvalue weighted by Gasteiger charge is -2.32. The van der Waals surface area contributed by atoms with E-state index < -0.39 is 6.61 Å². The molecule has 43 heavy (non-hydrogen) atoms. The second-order valence-electron chi connectivity index (χ2n) is 9.96. The first kappa shape index (κ1) is 29.6. The molecule has 0 bridgehead atoms. The van der Waals surface area contributed by atoms with Gasteiger partial charge in [-0.3, -0.25) is 0 Å². The van der Waals surface area contributed by atoms with Crippen molar-refractivity contribution >= 4 is 39.9 Å². The second-order valence-corrected chi connectivity index (χ2v) is 9.96. The molecule has 224 valence electrons. The number of benzene rings is 2. The maximum absolute atomic E-state index is 13.6.